The van der Waals surface area contributed by atoms with Crippen LogP contribution in [0.3, 0.4) is 0 Å². The highest BCUT2D eigenvalue weighted by molar-refractivity contribution is 6.40. The highest BCUT2D eigenvalue weighted by atomic mass is 35.5. The van der Waals surface area contributed by atoms with E-state index in [2.05, 4.69) is 37.4 Å². The number of aryl methyl sites for hydroxylation is 2. The molecule has 6 heteroatoms. The minimum atomic E-state index is -0.800. The van der Waals surface area contributed by atoms with E-state index in [0.29, 0.717) is 22.7 Å². The van der Waals surface area contributed by atoms with E-state index in [-0.39, 0.29) is 5.57 Å². The number of urea groups is 1. The van der Waals surface area contributed by atoms with E-state index in [0.717, 1.165) is 32.4 Å². The monoisotopic (exact) mass is 508 g/mol. The molecular formula is C31H25ClN2O3. The fraction of sp³-hybridized carbons (Fsp3) is 0.129. The molecule has 5 nitrogen and oxygen atoms in total. The van der Waals surface area contributed by atoms with Crippen LogP contribution in [0.2, 0.25) is 5.02 Å². The Morgan fingerprint density at radius 1 is 0.865 bits per heavy atom. The summed E-state index contributed by atoms with van der Waals surface area (Å²) in [5.74, 6) is -1.42. The van der Waals surface area contributed by atoms with Gasteiger partial charge in [0.05, 0.1) is 5.69 Å². The largest absolute Gasteiger partial charge is 0.335 e. The zero-order valence-electron chi connectivity index (χ0n) is 20.8. The molecule has 4 aromatic rings. The first-order valence-electron chi connectivity index (χ1n) is 12.0. The first-order chi connectivity index (χ1) is 17.7. The predicted molar refractivity (Wildman–Crippen MR) is 148 cm³/mol. The van der Waals surface area contributed by atoms with Crippen molar-refractivity contribution in [1.29, 1.82) is 0 Å². The smallest absolute Gasteiger partial charge is 0.273 e. The number of carbonyl (C=O) groups excluding carboxylic acids is 3. The highest BCUT2D eigenvalue weighted by Gasteiger charge is 2.37. The second kappa shape index (κ2) is 9.68. The highest BCUT2D eigenvalue weighted by Crippen LogP contribution is 2.32. The molecule has 1 heterocycles. The molecule has 0 saturated carbocycles. The van der Waals surface area contributed by atoms with Gasteiger partial charge in [-0.1, -0.05) is 83.4 Å². The Bertz CT molecular complexity index is 1620. The number of nitrogens with zero attached hydrogens (tertiary/aromatic N) is 1. The second-order valence-electron chi connectivity index (χ2n) is 9.37. The summed E-state index contributed by atoms with van der Waals surface area (Å²) in [5, 5.41) is 4.65. The van der Waals surface area contributed by atoms with Crippen LogP contribution < -0.4 is 10.2 Å². The molecule has 0 aromatic heterocycles. The van der Waals surface area contributed by atoms with E-state index >= 15 is 0 Å². The van der Waals surface area contributed by atoms with Gasteiger partial charge in [0.15, 0.2) is 0 Å². The molecule has 5 rings (SSSR count). The van der Waals surface area contributed by atoms with Gasteiger partial charge in [0.2, 0.25) is 0 Å². The Morgan fingerprint density at radius 3 is 2.35 bits per heavy atom. The molecule has 0 unspecified atom stereocenters. The third kappa shape index (κ3) is 4.66. The van der Waals surface area contributed by atoms with Gasteiger partial charge in [-0.2, -0.15) is 0 Å². The number of barbiturate groups is 1. The van der Waals surface area contributed by atoms with Crippen molar-refractivity contribution in [3.05, 3.63) is 117 Å². The van der Waals surface area contributed by atoms with Crippen LogP contribution in [0.15, 0.2) is 78.4 Å². The standard InChI is InChI=1S/C31H25ClN2O3/c1-18-13-19(2)15-21(14-18)16-23-12-11-22-7-4-5-8-24(22)25(23)17-26-29(35)33-31(37)34(30(26)36)28-10-6-9-27(32)20(28)3/h4-15,17H,16H2,1-3H3,(H,33,35,37)/b26-17+. The normalized spacial score (nSPS) is 15.0. The Labute approximate surface area is 220 Å². The average molecular weight is 509 g/mol. The zero-order chi connectivity index (χ0) is 26.3. The maximum Gasteiger partial charge on any atom is 0.335 e. The predicted octanol–water partition coefficient (Wildman–Crippen LogP) is 6.68. The van der Waals surface area contributed by atoms with Crippen LogP contribution in [-0.2, 0) is 16.0 Å². The molecule has 1 N–H and O–H groups in total. The number of hydrogen-bond donors (Lipinski definition) is 1. The van der Waals surface area contributed by atoms with Gasteiger partial charge in [-0.05, 0) is 78.4 Å². The van der Waals surface area contributed by atoms with Gasteiger partial charge in [-0.25, -0.2) is 9.69 Å². The first kappa shape index (κ1) is 24.5. The minimum absolute atomic E-state index is 0.114. The molecule has 0 atom stereocenters. The van der Waals surface area contributed by atoms with Crippen molar-refractivity contribution >= 4 is 52.0 Å². The van der Waals surface area contributed by atoms with E-state index in [1.54, 1.807) is 31.2 Å². The Balaban J connectivity index is 1.66. The summed E-state index contributed by atoms with van der Waals surface area (Å²) in [5.41, 5.74) is 6.01. The van der Waals surface area contributed by atoms with Crippen LogP contribution in [-0.4, -0.2) is 17.8 Å². The SMILES string of the molecule is Cc1cc(C)cc(Cc2ccc3ccccc3c2/C=C2\C(=O)NC(=O)N(c3cccc(Cl)c3C)C2=O)c1. The summed E-state index contributed by atoms with van der Waals surface area (Å²) in [4.78, 5) is 40.4. The summed E-state index contributed by atoms with van der Waals surface area (Å²) in [7, 11) is 0. The molecule has 184 valence electrons. The van der Waals surface area contributed by atoms with Gasteiger partial charge in [-0.3, -0.25) is 14.9 Å². The van der Waals surface area contributed by atoms with Crippen molar-refractivity contribution < 1.29 is 14.4 Å². The molecule has 1 fully saturated rings. The van der Waals surface area contributed by atoms with Crippen LogP contribution >= 0.6 is 11.6 Å². The van der Waals surface area contributed by atoms with Gasteiger partial charge >= 0.3 is 6.03 Å². The number of amides is 4. The Hall–Kier alpha value is -4.22. The number of anilines is 1. The number of carbonyl (C=O) groups is 3. The summed E-state index contributed by atoms with van der Waals surface area (Å²) in [6, 6.07) is 22.5. The van der Waals surface area contributed by atoms with Crippen LogP contribution in [0.4, 0.5) is 10.5 Å². The molecule has 0 spiro atoms. The van der Waals surface area contributed by atoms with Crippen molar-refractivity contribution in [3.8, 4) is 0 Å². The van der Waals surface area contributed by atoms with Gasteiger partial charge in [0.1, 0.15) is 5.57 Å². The van der Waals surface area contributed by atoms with E-state index in [9.17, 15) is 14.4 Å². The minimum Gasteiger partial charge on any atom is -0.273 e. The van der Waals surface area contributed by atoms with Crippen molar-refractivity contribution in [2.24, 2.45) is 0 Å². The lowest BCUT2D eigenvalue weighted by Gasteiger charge is -2.28. The number of imide groups is 2. The fourth-order valence-corrected chi connectivity index (χ4v) is 5.08. The number of rotatable bonds is 4. The quantitative estimate of drug-likeness (QED) is 0.247. The van der Waals surface area contributed by atoms with Crippen molar-refractivity contribution in [1.82, 2.24) is 5.32 Å². The molecule has 37 heavy (non-hydrogen) atoms. The lowest BCUT2D eigenvalue weighted by molar-refractivity contribution is -0.122. The third-order valence-electron chi connectivity index (χ3n) is 6.61. The van der Waals surface area contributed by atoms with Crippen LogP contribution in [0.25, 0.3) is 16.8 Å². The number of fused-ring (bicyclic) bond motifs is 1. The second-order valence-corrected chi connectivity index (χ2v) is 9.78. The molecule has 1 aliphatic heterocycles. The van der Waals surface area contributed by atoms with E-state index in [1.807, 2.05) is 36.4 Å². The molecule has 0 bridgehead atoms. The molecule has 1 saturated heterocycles. The maximum absolute atomic E-state index is 13.6. The van der Waals surface area contributed by atoms with E-state index < -0.39 is 17.8 Å². The number of nitrogens with one attached hydrogen (secondary N) is 1. The number of hydrogen-bond acceptors (Lipinski definition) is 3. The summed E-state index contributed by atoms with van der Waals surface area (Å²) < 4.78 is 0. The van der Waals surface area contributed by atoms with E-state index in [4.69, 9.17) is 11.6 Å². The van der Waals surface area contributed by atoms with Crippen molar-refractivity contribution in [2.75, 3.05) is 4.90 Å². The lowest BCUT2D eigenvalue weighted by Crippen LogP contribution is -2.54. The zero-order valence-corrected chi connectivity index (χ0v) is 21.5. The number of benzene rings is 4. The van der Waals surface area contributed by atoms with Gasteiger partial charge in [-0.15, -0.1) is 0 Å². The number of halogens is 1. The molecular weight excluding hydrogens is 484 g/mol. The van der Waals surface area contributed by atoms with Gasteiger partial charge in [0, 0.05) is 5.02 Å². The average Bonchev–Trinajstić information content (AvgIpc) is 2.84. The lowest BCUT2D eigenvalue weighted by atomic mass is 9.91. The molecule has 4 aromatic carbocycles. The van der Waals surface area contributed by atoms with Crippen LogP contribution in [0.5, 0.6) is 0 Å². The van der Waals surface area contributed by atoms with Crippen molar-refractivity contribution in [3.63, 3.8) is 0 Å². The molecule has 1 aliphatic rings. The Kier molecular flexibility index (Phi) is 6.40. The fourth-order valence-electron chi connectivity index (χ4n) is 4.92. The Morgan fingerprint density at radius 2 is 1.59 bits per heavy atom. The summed E-state index contributed by atoms with van der Waals surface area (Å²) in [6.07, 6.45) is 2.23. The maximum atomic E-state index is 13.6. The first-order valence-corrected chi connectivity index (χ1v) is 12.3. The van der Waals surface area contributed by atoms with Gasteiger partial charge < -0.3 is 0 Å². The summed E-state index contributed by atoms with van der Waals surface area (Å²) in [6.45, 7) is 5.85. The van der Waals surface area contributed by atoms with Crippen LogP contribution in [0, 0.1) is 20.8 Å². The van der Waals surface area contributed by atoms with Crippen LogP contribution in [0.1, 0.15) is 33.4 Å². The van der Waals surface area contributed by atoms with Crippen molar-refractivity contribution in [2.45, 2.75) is 27.2 Å². The molecule has 4 amide bonds. The van der Waals surface area contributed by atoms with E-state index in [1.165, 1.54) is 11.1 Å². The summed E-state index contributed by atoms with van der Waals surface area (Å²) >= 11 is 6.26. The molecule has 0 aliphatic carbocycles. The molecule has 0 radical (unpaired) electrons. The van der Waals surface area contributed by atoms with Gasteiger partial charge in [0.25, 0.3) is 11.8 Å². The topological polar surface area (TPSA) is 66.5 Å². The third-order valence-corrected chi connectivity index (χ3v) is 7.02.